The normalized spacial score (nSPS) is 10.0. The van der Waals surface area contributed by atoms with Crippen LogP contribution in [-0.4, -0.2) is 29.4 Å². The summed E-state index contributed by atoms with van der Waals surface area (Å²) in [6.45, 7) is 4.34. The molecule has 0 aliphatic heterocycles. The molecular weight excluding hydrogens is 282 g/mol. The third kappa shape index (κ3) is 3.85. The molecule has 1 aromatic heterocycles. The van der Waals surface area contributed by atoms with Crippen molar-refractivity contribution >= 4 is 27.7 Å². The molecule has 5 heteroatoms. The summed E-state index contributed by atoms with van der Waals surface area (Å²) in [7, 11) is 1.77. The van der Waals surface area contributed by atoms with Gasteiger partial charge in [0.15, 0.2) is 0 Å². The summed E-state index contributed by atoms with van der Waals surface area (Å²) in [5.74, 6) is 0.283. The van der Waals surface area contributed by atoms with E-state index in [-0.39, 0.29) is 5.91 Å². The Hall–Kier alpha value is -1.36. The summed E-state index contributed by atoms with van der Waals surface area (Å²) in [6.07, 6.45) is 5.19. The Labute approximate surface area is 110 Å². The van der Waals surface area contributed by atoms with Gasteiger partial charge in [-0.25, -0.2) is 4.98 Å². The zero-order valence-electron chi connectivity index (χ0n) is 9.82. The molecule has 0 spiro atoms. The number of carbonyl (C=O) groups is 1. The Kier molecular flexibility index (Phi) is 5.15. The van der Waals surface area contributed by atoms with Gasteiger partial charge in [0.2, 0.25) is 0 Å². The van der Waals surface area contributed by atoms with Gasteiger partial charge in [0.05, 0.1) is 5.56 Å². The first-order valence-corrected chi connectivity index (χ1v) is 6.13. The van der Waals surface area contributed by atoms with Gasteiger partial charge >= 0.3 is 0 Å². The second kappa shape index (κ2) is 6.39. The van der Waals surface area contributed by atoms with Crippen molar-refractivity contribution < 1.29 is 4.79 Å². The smallest absolute Gasteiger partial charge is 0.254 e. The molecule has 0 radical (unpaired) electrons. The van der Waals surface area contributed by atoms with Gasteiger partial charge in [-0.1, -0.05) is 6.08 Å². The molecule has 0 unspecified atom stereocenters. The average molecular weight is 298 g/mol. The third-order valence-electron chi connectivity index (χ3n) is 2.36. The fraction of sp³-hybridized carbons (Fsp3) is 0.333. The van der Waals surface area contributed by atoms with Crippen LogP contribution in [0.1, 0.15) is 23.2 Å². The molecule has 0 bridgehead atoms. The van der Waals surface area contributed by atoms with E-state index in [0.29, 0.717) is 22.4 Å². The molecule has 0 saturated heterocycles. The number of hydrogen-bond donors (Lipinski definition) is 1. The molecule has 1 rings (SSSR count). The minimum Gasteiger partial charge on any atom is -0.384 e. The Morgan fingerprint density at radius 2 is 2.41 bits per heavy atom. The van der Waals surface area contributed by atoms with E-state index in [1.807, 2.05) is 6.08 Å². The fourth-order valence-corrected chi connectivity index (χ4v) is 1.79. The van der Waals surface area contributed by atoms with E-state index in [1.54, 1.807) is 24.2 Å². The summed E-state index contributed by atoms with van der Waals surface area (Å²) < 4.78 is 0.660. The summed E-state index contributed by atoms with van der Waals surface area (Å²) in [5, 5.41) is 0. The van der Waals surface area contributed by atoms with Crippen LogP contribution < -0.4 is 5.73 Å². The molecule has 92 valence electrons. The number of amides is 1. The van der Waals surface area contributed by atoms with E-state index >= 15 is 0 Å². The van der Waals surface area contributed by atoms with E-state index in [9.17, 15) is 4.79 Å². The lowest BCUT2D eigenvalue weighted by atomic mass is 10.2. The Bertz CT molecular complexity index is 420. The maximum atomic E-state index is 12.1. The number of carbonyl (C=O) groups excluding carboxylic acids is 1. The zero-order valence-corrected chi connectivity index (χ0v) is 11.4. The highest BCUT2D eigenvalue weighted by atomic mass is 79.9. The largest absolute Gasteiger partial charge is 0.384 e. The Morgan fingerprint density at radius 1 is 1.71 bits per heavy atom. The van der Waals surface area contributed by atoms with Gasteiger partial charge < -0.3 is 10.6 Å². The maximum absolute atomic E-state index is 12.1. The molecule has 0 aromatic carbocycles. The first kappa shape index (κ1) is 13.7. The van der Waals surface area contributed by atoms with Crippen molar-refractivity contribution in [2.24, 2.45) is 0 Å². The molecule has 0 saturated carbocycles. The minimum atomic E-state index is -0.0602. The van der Waals surface area contributed by atoms with Crippen molar-refractivity contribution in [2.45, 2.75) is 12.8 Å². The molecule has 4 nitrogen and oxygen atoms in total. The summed E-state index contributed by atoms with van der Waals surface area (Å²) in [5.41, 5.74) is 6.11. The number of nitrogen functional groups attached to an aromatic ring is 1. The van der Waals surface area contributed by atoms with E-state index in [0.717, 1.165) is 12.8 Å². The number of hydrogen-bond acceptors (Lipinski definition) is 3. The zero-order chi connectivity index (χ0) is 12.8. The monoisotopic (exact) mass is 297 g/mol. The molecule has 0 aliphatic rings. The quantitative estimate of drug-likeness (QED) is 0.671. The third-order valence-corrected chi connectivity index (χ3v) is 2.99. The number of nitrogens with zero attached hydrogens (tertiary/aromatic N) is 2. The number of unbranched alkanes of at least 4 members (excludes halogenated alkanes) is 1. The topological polar surface area (TPSA) is 59.2 Å². The average Bonchev–Trinajstić information content (AvgIpc) is 2.31. The van der Waals surface area contributed by atoms with Gasteiger partial charge in [-0.2, -0.15) is 0 Å². The number of aromatic nitrogens is 1. The van der Waals surface area contributed by atoms with Crippen LogP contribution in [0, 0.1) is 0 Å². The number of rotatable bonds is 5. The van der Waals surface area contributed by atoms with E-state index in [2.05, 4.69) is 27.5 Å². The van der Waals surface area contributed by atoms with Crippen LogP contribution >= 0.6 is 15.9 Å². The first-order chi connectivity index (χ1) is 8.06. The number of nitrogens with two attached hydrogens (primary N) is 1. The van der Waals surface area contributed by atoms with Crippen LogP contribution in [0.4, 0.5) is 5.82 Å². The van der Waals surface area contributed by atoms with Gasteiger partial charge in [0.1, 0.15) is 5.82 Å². The number of pyridine rings is 1. The first-order valence-electron chi connectivity index (χ1n) is 5.33. The van der Waals surface area contributed by atoms with Crippen molar-refractivity contribution in [1.29, 1.82) is 0 Å². The second-order valence-corrected chi connectivity index (χ2v) is 4.60. The highest BCUT2D eigenvalue weighted by Crippen LogP contribution is 2.19. The van der Waals surface area contributed by atoms with Crippen LogP contribution in [0.25, 0.3) is 0 Å². The second-order valence-electron chi connectivity index (χ2n) is 3.75. The van der Waals surface area contributed by atoms with Crippen LogP contribution in [0.2, 0.25) is 0 Å². The van der Waals surface area contributed by atoms with Crippen molar-refractivity contribution in [3.05, 3.63) is 35.0 Å². The predicted octanol–water partition coefficient (Wildman–Crippen LogP) is 2.46. The lowest BCUT2D eigenvalue weighted by Crippen LogP contribution is -2.28. The van der Waals surface area contributed by atoms with Crippen LogP contribution in [0.15, 0.2) is 29.4 Å². The molecule has 1 amide bonds. The van der Waals surface area contributed by atoms with Crippen molar-refractivity contribution in [3.8, 4) is 0 Å². The van der Waals surface area contributed by atoms with Crippen molar-refractivity contribution in [3.63, 3.8) is 0 Å². The minimum absolute atomic E-state index is 0.0602. The fourth-order valence-electron chi connectivity index (χ4n) is 1.40. The van der Waals surface area contributed by atoms with Gasteiger partial charge in [-0.3, -0.25) is 4.79 Å². The van der Waals surface area contributed by atoms with Crippen LogP contribution in [0.5, 0.6) is 0 Å². The van der Waals surface area contributed by atoms with E-state index < -0.39 is 0 Å². The molecule has 17 heavy (non-hydrogen) atoms. The van der Waals surface area contributed by atoms with Gasteiger partial charge in [-0.15, -0.1) is 6.58 Å². The summed E-state index contributed by atoms with van der Waals surface area (Å²) in [4.78, 5) is 17.7. The van der Waals surface area contributed by atoms with Gasteiger partial charge in [0.25, 0.3) is 5.91 Å². The number of halogens is 1. The maximum Gasteiger partial charge on any atom is 0.254 e. The SMILES string of the molecule is C=CCCCN(C)C(=O)c1cc(N)ncc1Br. The van der Waals surface area contributed by atoms with Gasteiger partial charge in [0, 0.05) is 24.3 Å². The lowest BCUT2D eigenvalue weighted by Gasteiger charge is -2.17. The Balaban J connectivity index is 2.74. The molecule has 0 atom stereocenters. The molecule has 1 aromatic rings. The molecule has 0 fully saturated rings. The highest BCUT2D eigenvalue weighted by Gasteiger charge is 2.15. The molecule has 1 heterocycles. The van der Waals surface area contributed by atoms with Crippen molar-refractivity contribution in [1.82, 2.24) is 9.88 Å². The van der Waals surface area contributed by atoms with Crippen LogP contribution in [0.3, 0.4) is 0 Å². The van der Waals surface area contributed by atoms with Gasteiger partial charge in [-0.05, 0) is 34.8 Å². The number of anilines is 1. The highest BCUT2D eigenvalue weighted by molar-refractivity contribution is 9.10. The molecule has 0 aliphatic carbocycles. The van der Waals surface area contributed by atoms with E-state index in [4.69, 9.17) is 5.73 Å². The Morgan fingerprint density at radius 3 is 3.06 bits per heavy atom. The molecule has 2 N–H and O–H groups in total. The summed E-state index contributed by atoms with van der Waals surface area (Å²) >= 11 is 3.30. The standard InChI is InChI=1S/C12H16BrN3O/c1-3-4-5-6-16(2)12(17)9-7-11(14)15-8-10(9)13/h3,7-8H,1,4-6H2,2H3,(H2,14,15). The van der Waals surface area contributed by atoms with E-state index in [1.165, 1.54) is 0 Å². The van der Waals surface area contributed by atoms with Crippen LogP contribution in [-0.2, 0) is 0 Å². The lowest BCUT2D eigenvalue weighted by molar-refractivity contribution is 0.0793. The van der Waals surface area contributed by atoms with Crippen molar-refractivity contribution in [2.75, 3.05) is 19.3 Å². The predicted molar refractivity (Wildman–Crippen MR) is 72.7 cm³/mol. The molecular formula is C12H16BrN3O. The number of allylic oxidation sites excluding steroid dienone is 1. The summed E-state index contributed by atoms with van der Waals surface area (Å²) in [6, 6.07) is 1.58.